The smallest absolute Gasteiger partial charge is 0.260 e. The number of nitrogens with one attached hydrogen (secondary N) is 2. The minimum absolute atomic E-state index is 0.112. The van der Waals surface area contributed by atoms with Gasteiger partial charge in [0.25, 0.3) is 5.91 Å². The fourth-order valence-corrected chi connectivity index (χ4v) is 5.71. The summed E-state index contributed by atoms with van der Waals surface area (Å²) >= 11 is 5.08. The van der Waals surface area contributed by atoms with Crippen molar-refractivity contribution in [1.29, 1.82) is 0 Å². The number of halogens is 1. The molecule has 1 aliphatic rings. The number of rotatable bonds is 8. The highest BCUT2D eigenvalue weighted by molar-refractivity contribution is 9.10. The van der Waals surface area contributed by atoms with Crippen LogP contribution in [0.25, 0.3) is 16.8 Å². The molecule has 1 atom stereocenters. The standard InChI is InChI=1S/C30H27BrN2O3S/c1-3-19-9-12-24(13-10-19)32-30-33-29(34)27(37-30)17-21-15-25(31)28(26(16-21)35-2)36-18-20-8-11-22-6-4-5-7-23(22)14-20/h4-17,30,32H,3,18H2,1-2H3,(H,33,34)/b27-17-/t30-/m1/s1. The Morgan fingerprint density at radius 1 is 1.00 bits per heavy atom. The summed E-state index contributed by atoms with van der Waals surface area (Å²) in [5.74, 6) is 1.10. The maximum absolute atomic E-state index is 12.6. The Morgan fingerprint density at radius 2 is 1.76 bits per heavy atom. The zero-order valence-electron chi connectivity index (χ0n) is 20.6. The van der Waals surface area contributed by atoms with Crippen LogP contribution in [-0.4, -0.2) is 18.5 Å². The van der Waals surface area contributed by atoms with Crippen LogP contribution >= 0.6 is 27.7 Å². The molecule has 188 valence electrons. The van der Waals surface area contributed by atoms with E-state index < -0.39 is 0 Å². The number of hydrogen-bond donors (Lipinski definition) is 2. The van der Waals surface area contributed by atoms with Crippen LogP contribution in [0.5, 0.6) is 11.5 Å². The third-order valence-corrected chi connectivity index (χ3v) is 7.75. The van der Waals surface area contributed by atoms with Crippen LogP contribution in [0.1, 0.15) is 23.6 Å². The molecule has 1 saturated heterocycles. The average molecular weight is 576 g/mol. The zero-order chi connectivity index (χ0) is 25.8. The summed E-state index contributed by atoms with van der Waals surface area (Å²) in [6, 6.07) is 26.6. The van der Waals surface area contributed by atoms with E-state index in [1.807, 2.05) is 42.5 Å². The number of thioether (sulfide) groups is 1. The number of carbonyl (C=O) groups is 1. The molecule has 0 spiro atoms. The molecule has 4 aromatic rings. The van der Waals surface area contributed by atoms with Gasteiger partial charge in [-0.15, -0.1) is 0 Å². The largest absolute Gasteiger partial charge is 0.493 e. The third kappa shape index (κ3) is 5.95. The minimum atomic E-state index is -0.235. The Labute approximate surface area is 229 Å². The van der Waals surface area contributed by atoms with Crippen molar-refractivity contribution in [2.24, 2.45) is 0 Å². The van der Waals surface area contributed by atoms with Crippen LogP contribution in [0.4, 0.5) is 5.69 Å². The second-order valence-electron chi connectivity index (χ2n) is 8.68. The lowest BCUT2D eigenvalue weighted by Crippen LogP contribution is -2.30. The highest BCUT2D eigenvalue weighted by Crippen LogP contribution is 2.39. The van der Waals surface area contributed by atoms with E-state index in [1.165, 1.54) is 28.1 Å². The molecule has 0 saturated carbocycles. The van der Waals surface area contributed by atoms with Gasteiger partial charge in [-0.1, -0.05) is 67.2 Å². The van der Waals surface area contributed by atoms with Crippen LogP contribution in [-0.2, 0) is 17.8 Å². The van der Waals surface area contributed by atoms with Crippen molar-refractivity contribution in [1.82, 2.24) is 5.32 Å². The highest BCUT2D eigenvalue weighted by atomic mass is 79.9. The quantitative estimate of drug-likeness (QED) is 0.215. The molecule has 2 N–H and O–H groups in total. The van der Waals surface area contributed by atoms with Gasteiger partial charge in [0, 0.05) is 5.69 Å². The van der Waals surface area contributed by atoms with Crippen molar-refractivity contribution < 1.29 is 14.3 Å². The molecule has 0 unspecified atom stereocenters. The van der Waals surface area contributed by atoms with Crippen LogP contribution in [0, 0.1) is 0 Å². The van der Waals surface area contributed by atoms with E-state index in [2.05, 4.69) is 76.0 Å². The molecule has 5 rings (SSSR count). The summed E-state index contributed by atoms with van der Waals surface area (Å²) in [6.45, 7) is 2.54. The predicted octanol–water partition coefficient (Wildman–Crippen LogP) is 7.35. The Kier molecular flexibility index (Phi) is 7.72. The Balaban J connectivity index is 1.29. The molecule has 1 fully saturated rings. The fourth-order valence-electron chi connectivity index (χ4n) is 4.15. The van der Waals surface area contributed by atoms with E-state index in [1.54, 1.807) is 7.11 Å². The Bertz CT molecular complexity index is 1470. The maximum Gasteiger partial charge on any atom is 0.260 e. The second-order valence-corrected chi connectivity index (χ2v) is 10.7. The number of aryl methyl sites for hydroxylation is 1. The van der Waals surface area contributed by atoms with Gasteiger partial charge < -0.3 is 20.1 Å². The lowest BCUT2D eigenvalue weighted by molar-refractivity contribution is -0.116. The Morgan fingerprint density at radius 3 is 2.51 bits per heavy atom. The van der Waals surface area contributed by atoms with Gasteiger partial charge in [-0.05, 0) is 86.2 Å². The molecule has 4 aromatic carbocycles. The van der Waals surface area contributed by atoms with Crippen molar-refractivity contribution in [2.45, 2.75) is 25.4 Å². The molecule has 7 heteroatoms. The molecule has 5 nitrogen and oxygen atoms in total. The SMILES string of the molecule is CCc1ccc(N[C@@H]2NC(=O)/C(=C/c3cc(Br)c(OCc4ccc5ccccc5c4)c(OC)c3)S2)cc1. The van der Waals surface area contributed by atoms with Gasteiger partial charge in [-0.2, -0.15) is 0 Å². The summed E-state index contributed by atoms with van der Waals surface area (Å²) in [5.41, 5.74) is 3.92. The van der Waals surface area contributed by atoms with Gasteiger partial charge in [-0.25, -0.2) is 0 Å². The monoisotopic (exact) mass is 574 g/mol. The van der Waals surface area contributed by atoms with E-state index in [4.69, 9.17) is 9.47 Å². The van der Waals surface area contributed by atoms with E-state index in [-0.39, 0.29) is 11.4 Å². The van der Waals surface area contributed by atoms with E-state index in [9.17, 15) is 4.79 Å². The predicted molar refractivity (Wildman–Crippen MR) is 156 cm³/mol. The number of benzene rings is 4. The normalized spacial score (nSPS) is 16.1. The molecule has 0 aromatic heterocycles. The summed E-state index contributed by atoms with van der Waals surface area (Å²) in [7, 11) is 1.61. The number of fused-ring (bicyclic) bond motifs is 1. The van der Waals surface area contributed by atoms with Crippen molar-refractivity contribution in [3.63, 3.8) is 0 Å². The topological polar surface area (TPSA) is 59.6 Å². The highest BCUT2D eigenvalue weighted by Gasteiger charge is 2.27. The maximum atomic E-state index is 12.6. The van der Waals surface area contributed by atoms with Crippen molar-refractivity contribution in [3.8, 4) is 11.5 Å². The first kappa shape index (κ1) is 25.2. The summed E-state index contributed by atoms with van der Waals surface area (Å²) in [5, 5.41) is 8.72. The first-order chi connectivity index (χ1) is 18.0. The molecule has 0 aliphatic carbocycles. The molecular formula is C30H27BrN2O3S. The zero-order valence-corrected chi connectivity index (χ0v) is 23.0. The number of methoxy groups -OCH3 is 1. The van der Waals surface area contributed by atoms with Crippen LogP contribution in [0.2, 0.25) is 0 Å². The van der Waals surface area contributed by atoms with Gasteiger partial charge in [0.05, 0.1) is 16.5 Å². The lowest BCUT2D eigenvalue weighted by Gasteiger charge is -2.14. The number of amides is 1. The second kappa shape index (κ2) is 11.3. The van der Waals surface area contributed by atoms with Crippen molar-refractivity contribution in [2.75, 3.05) is 12.4 Å². The number of hydrogen-bond acceptors (Lipinski definition) is 5. The fraction of sp³-hybridized carbons (Fsp3) is 0.167. The van der Waals surface area contributed by atoms with Crippen LogP contribution < -0.4 is 20.1 Å². The third-order valence-electron chi connectivity index (χ3n) is 6.14. The van der Waals surface area contributed by atoms with E-state index >= 15 is 0 Å². The summed E-state index contributed by atoms with van der Waals surface area (Å²) < 4.78 is 12.5. The summed E-state index contributed by atoms with van der Waals surface area (Å²) in [6.07, 6.45) is 2.86. The van der Waals surface area contributed by atoms with E-state index in [0.717, 1.165) is 27.7 Å². The lowest BCUT2D eigenvalue weighted by atomic mass is 10.1. The van der Waals surface area contributed by atoms with Crippen molar-refractivity contribution >= 4 is 56.1 Å². The number of ether oxygens (including phenoxy) is 2. The van der Waals surface area contributed by atoms with Crippen LogP contribution in [0.15, 0.2) is 88.2 Å². The molecule has 0 bridgehead atoms. The minimum Gasteiger partial charge on any atom is -0.493 e. The molecule has 0 radical (unpaired) electrons. The van der Waals surface area contributed by atoms with Gasteiger partial charge in [0.2, 0.25) is 0 Å². The average Bonchev–Trinajstić information content (AvgIpc) is 3.26. The summed E-state index contributed by atoms with van der Waals surface area (Å²) in [4.78, 5) is 13.3. The molecule has 37 heavy (non-hydrogen) atoms. The molecule has 1 aliphatic heterocycles. The number of carbonyl (C=O) groups excluding carboxylic acids is 1. The first-order valence-corrected chi connectivity index (χ1v) is 13.7. The first-order valence-electron chi connectivity index (χ1n) is 12.0. The molecule has 1 heterocycles. The Hall–Kier alpha value is -3.42. The molecular weight excluding hydrogens is 548 g/mol. The van der Waals surface area contributed by atoms with E-state index in [0.29, 0.717) is 23.0 Å². The van der Waals surface area contributed by atoms with Gasteiger partial charge in [-0.3, -0.25) is 4.79 Å². The van der Waals surface area contributed by atoms with Gasteiger partial charge >= 0.3 is 0 Å². The molecule has 1 amide bonds. The number of anilines is 1. The van der Waals surface area contributed by atoms with Crippen LogP contribution in [0.3, 0.4) is 0 Å². The van der Waals surface area contributed by atoms with Gasteiger partial charge in [0.15, 0.2) is 17.0 Å². The van der Waals surface area contributed by atoms with Gasteiger partial charge in [0.1, 0.15) is 6.61 Å². The van der Waals surface area contributed by atoms with Crippen molar-refractivity contribution in [3.05, 3.63) is 105 Å².